The molecule has 0 spiro atoms. The number of fused-ring (bicyclic) bond motifs is 3. The molecule has 9 rings (SSSR count). The number of carbonyl (C=O) groups is 3. The van der Waals surface area contributed by atoms with Crippen LogP contribution in [0.5, 0.6) is 0 Å². The van der Waals surface area contributed by atoms with E-state index in [4.69, 9.17) is 24.1 Å². The molecule has 4 aromatic rings. The number of allylic oxidation sites excluding steroid dienone is 1. The van der Waals surface area contributed by atoms with Gasteiger partial charge >= 0.3 is 5.97 Å². The third kappa shape index (κ3) is 8.41. The van der Waals surface area contributed by atoms with E-state index < -0.39 is 30.1 Å². The van der Waals surface area contributed by atoms with Gasteiger partial charge in [-0.3, -0.25) is 9.59 Å². The summed E-state index contributed by atoms with van der Waals surface area (Å²) in [5, 5.41) is 14.8. The molecule has 322 valence electrons. The monoisotopic (exact) mass is 836 g/mol. The van der Waals surface area contributed by atoms with Crippen LogP contribution in [0.25, 0.3) is 6.08 Å². The SMILES string of the molecule is CC1(C)CC2C(=Cc3cccc(C(=O)OC4CC(C(=O)NCc5cccc(C(=O)NCCO)c5)=CC5OC(c6ccccc6)(c6ccccc6)OC54)c3)CCC3OC3(C)CCC21. The standard InChI is InChI=1S/C52H56N2O8/c1-50(2)31-41-35(20-21-45-51(3,61-45)23-22-42(41)50)26-33-12-10-15-37(27-33)49(58)59-43-29-38(48(57)54-32-34-13-11-14-36(28-34)47(56)53-24-25-55)30-44-46(43)62-52(60-44,39-16-6-4-7-17-39)40-18-8-5-9-19-40/h4-19,26-28,30,41-46,55H,20-25,29,31-32H2,1-3H3,(H,53,56)(H,54,57). The average molecular weight is 837 g/mol. The van der Waals surface area contributed by atoms with Crippen LogP contribution in [0.2, 0.25) is 0 Å². The van der Waals surface area contributed by atoms with Crippen molar-refractivity contribution in [1.29, 1.82) is 0 Å². The van der Waals surface area contributed by atoms with E-state index in [0.717, 1.165) is 54.4 Å². The number of benzene rings is 4. The van der Waals surface area contributed by atoms with E-state index in [0.29, 0.717) is 34.6 Å². The van der Waals surface area contributed by atoms with Crippen LogP contribution in [-0.2, 0) is 36.1 Å². The van der Waals surface area contributed by atoms with E-state index in [9.17, 15) is 14.4 Å². The van der Waals surface area contributed by atoms with Crippen molar-refractivity contribution in [1.82, 2.24) is 10.6 Å². The number of aliphatic hydroxyl groups is 1. The molecule has 3 N–H and O–H groups in total. The first kappa shape index (κ1) is 41.9. The number of aliphatic hydroxyl groups excluding tert-OH is 1. The van der Waals surface area contributed by atoms with Crippen LogP contribution >= 0.6 is 0 Å². The Kier molecular flexibility index (Phi) is 11.5. The van der Waals surface area contributed by atoms with Gasteiger partial charge < -0.3 is 34.7 Å². The van der Waals surface area contributed by atoms with Gasteiger partial charge in [-0.1, -0.05) is 110 Å². The highest BCUT2D eigenvalue weighted by Gasteiger charge is 2.57. The molecule has 4 aromatic carbocycles. The fourth-order valence-electron chi connectivity index (χ4n) is 10.4. The number of esters is 1. The Morgan fingerprint density at radius 2 is 1.53 bits per heavy atom. The number of nitrogens with one attached hydrogen (secondary N) is 2. The molecule has 0 aromatic heterocycles. The van der Waals surface area contributed by atoms with Crippen molar-refractivity contribution in [2.75, 3.05) is 13.2 Å². The van der Waals surface area contributed by atoms with Gasteiger partial charge in [0.2, 0.25) is 11.7 Å². The fraction of sp³-hybridized carbons (Fsp3) is 0.404. The normalized spacial score (nSPS) is 28.6. The quantitative estimate of drug-likeness (QED) is 0.102. The lowest BCUT2D eigenvalue weighted by Gasteiger charge is -2.53. The van der Waals surface area contributed by atoms with Crippen LogP contribution in [0.1, 0.15) is 102 Å². The van der Waals surface area contributed by atoms with E-state index >= 15 is 0 Å². The molecule has 2 saturated carbocycles. The fourth-order valence-corrected chi connectivity index (χ4v) is 10.4. The van der Waals surface area contributed by atoms with Crippen molar-refractivity contribution < 1.29 is 38.4 Å². The van der Waals surface area contributed by atoms with Gasteiger partial charge in [0.1, 0.15) is 18.3 Å². The van der Waals surface area contributed by atoms with Crippen LogP contribution in [0, 0.1) is 17.3 Å². The van der Waals surface area contributed by atoms with Gasteiger partial charge in [-0.2, -0.15) is 0 Å². The molecule has 10 heteroatoms. The Morgan fingerprint density at radius 1 is 0.806 bits per heavy atom. The number of ether oxygens (including phenoxy) is 4. The van der Waals surface area contributed by atoms with Crippen molar-refractivity contribution >= 4 is 23.9 Å². The minimum absolute atomic E-state index is 0.00571. The second-order valence-electron chi connectivity index (χ2n) is 18.5. The predicted octanol–water partition coefficient (Wildman–Crippen LogP) is 8.04. The lowest BCUT2D eigenvalue weighted by molar-refractivity contribution is -0.157. The molecule has 2 aliphatic heterocycles. The van der Waals surface area contributed by atoms with Crippen LogP contribution in [0.3, 0.4) is 0 Å². The summed E-state index contributed by atoms with van der Waals surface area (Å²) in [6.45, 7) is 7.17. The summed E-state index contributed by atoms with van der Waals surface area (Å²) in [5.74, 6) is -1.38. The Labute approximate surface area is 363 Å². The minimum atomic E-state index is -1.33. The maximum Gasteiger partial charge on any atom is 0.338 e. The zero-order valence-corrected chi connectivity index (χ0v) is 35.7. The maximum absolute atomic E-state index is 14.3. The summed E-state index contributed by atoms with van der Waals surface area (Å²) in [4.78, 5) is 40.9. The van der Waals surface area contributed by atoms with Crippen molar-refractivity contribution in [2.24, 2.45) is 17.3 Å². The highest BCUT2D eigenvalue weighted by atomic mass is 16.8. The Balaban J connectivity index is 0.980. The van der Waals surface area contributed by atoms with E-state index in [1.807, 2.05) is 84.9 Å². The molecule has 10 nitrogen and oxygen atoms in total. The van der Waals surface area contributed by atoms with Gasteiger partial charge in [0, 0.05) is 41.8 Å². The molecule has 2 saturated heterocycles. The molecular formula is C52H56N2O8. The molecule has 0 radical (unpaired) electrons. The molecule has 4 fully saturated rings. The third-order valence-electron chi connectivity index (χ3n) is 13.8. The van der Waals surface area contributed by atoms with Crippen molar-refractivity contribution in [2.45, 2.75) is 102 Å². The molecule has 7 unspecified atom stereocenters. The molecule has 0 bridgehead atoms. The van der Waals surface area contributed by atoms with Crippen LogP contribution in [0.4, 0.5) is 0 Å². The molecule has 7 atom stereocenters. The van der Waals surface area contributed by atoms with Crippen LogP contribution in [-0.4, -0.2) is 66.1 Å². The molecule has 2 amide bonds. The summed E-state index contributed by atoms with van der Waals surface area (Å²) >= 11 is 0. The van der Waals surface area contributed by atoms with Gasteiger partial charge in [-0.15, -0.1) is 0 Å². The van der Waals surface area contributed by atoms with E-state index in [1.54, 1.807) is 30.3 Å². The minimum Gasteiger partial charge on any atom is -0.456 e. The summed E-state index contributed by atoms with van der Waals surface area (Å²) in [6, 6.07) is 33.9. The number of rotatable bonds is 11. The average Bonchev–Trinajstić information content (AvgIpc) is 3.74. The summed E-state index contributed by atoms with van der Waals surface area (Å²) in [6.07, 6.45) is 7.53. The molecule has 2 heterocycles. The van der Waals surface area contributed by atoms with Crippen LogP contribution in [0.15, 0.2) is 126 Å². The lowest BCUT2D eigenvalue weighted by Crippen LogP contribution is -2.45. The smallest absolute Gasteiger partial charge is 0.338 e. The van der Waals surface area contributed by atoms with Gasteiger partial charge in [0.25, 0.3) is 5.91 Å². The number of epoxide rings is 1. The molecule has 62 heavy (non-hydrogen) atoms. The Morgan fingerprint density at radius 3 is 2.26 bits per heavy atom. The first-order chi connectivity index (χ1) is 29.9. The van der Waals surface area contributed by atoms with Crippen molar-refractivity contribution in [3.63, 3.8) is 0 Å². The zero-order valence-electron chi connectivity index (χ0n) is 35.7. The van der Waals surface area contributed by atoms with Crippen LogP contribution < -0.4 is 10.6 Å². The lowest BCUT2D eigenvalue weighted by atomic mass is 9.52. The summed E-state index contributed by atoms with van der Waals surface area (Å²) in [7, 11) is 0. The van der Waals surface area contributed by atoms with Crippen molar-refractivity contribution in [3.8, 4) is 0 Å². The first-order valence-corrected chi connectivity index (χ1v) is 22.1. The molecule has 3 aliphatic carbocycles. The first-order valence-electron chi connectivity index (χ1n) is 22.1. The second kappa shape index (κ2) is 17.1. The highest BCUT2D eigenvalue weighted by Crippen LogP contribution is 2.60. The zero-order chi connectivity index (χ0) is 43.1. The second-order valence-corrected chi connectivity index (χ2v) is 18.5. The Bertz CT molecular complexity index is 2340. The topological polar surface area (TPSA) is 136 Å². The third-order valence-corrected chi connectivity index (χ3v) is 13.8. The number of hydrogen-bond donors (Lipinski definition) is 3. The largest absolute Gasteiger partial charge is 0.456 e. The number of carbonyl (C=O) groups excluding carboxylic acids is 3. The van der Waals surface area contributed by atoms with Gasteiger partial charge in [-0.05, 0) is 97.7 Å². The Hall–Kier alpha value is -5.39. The molecular weight excluding hydrogens is 781 g/mol. The van der Waals surface area contributed by atoms with Gasteiger partial charge in [0.05, 0.1) is 23.9 Å². The molecule has 5 aliphatic rings. The van der Waals surface area contributed by atoms with E-state index in [1.165, 1.54) is 5.57 Å². The maximum atomic E-state index is 14.3. The predicted molar refractivity (Wildman–Crippen MR) is 235 cm³/mol. The van der Waals surface area contributed by atoms with E-state index in [2.05, 4.69) is 37.5 Å². The highest BCUT2D eigenvalue weighted by molar-refractivity contribution is 5.95. The summed E-state index contributed by atoms with van der Waals surface area (Å²) in [5.41, 5.74) is 6.19. The summed E-state index contributed by atoms with van der Waals surface area (Å²) < 4.78 is 26.5. The number of hydrogen-bond acceptors (Lipinski definition) is 8. The van der Waals surface area contributed by atoms with E-state index in [-0.39, 0.29) is 48.9 Å². The number of amides is 2. The van der Waals surface area contributed by atoms with Gasteiger partial charge in [-0.25, -0.2) is 4.79 Å². The van der Waals surface area contributed by atoms with Crippen molar-refractivity contribution in [3.05, 3.63) is 160 Å². The van der Waals surface area contributed by atoms with Gasteiger partial charge in [0.15, 0.2) is 0 Å².